The normalized spacial score (nSPS) is 11.1. The lowest BCUT2D eigenvalue weighted by atomic mass is 10.0. The molecule has 0 bridgehead atoms. The second-order valence-corrected chi connectivity index (χ2v) is 6.41. The monoisotopic (exact) mass is 365 g/mol. The van der Waals surface area contributed by atoms with E-state index in [1.165, 1.54) is 6.08 Å². The largest absolute Gasteiger partial charge is 0.490 e. The average molecular weight is 365 g/mol. The van der Waals surface area contributed by atoms with E-state index in [0.29, 0.717) is 30.4 Å². The van der Waals surface area contributed by atoms with Crippen LogP contribution in [0.4, 0.5) is 0 Å². The van der Waals surface area contributed by atoms with Gasteiger partial charge in [0, 0.05) is 5.56 Å². The minimum absolute atomic E-state index is 0.297. The van der Waals surface area contributed by atoms with Crippen LogP contribution in [-0.4, -0.2) is 24.3 Å². The van der Waals surface area contributed by atoms with Crippen molar-refractivity contribution in [3.63, 3.8) is 0 Å². The van der Waals surface area contributed by atoms with Gasteiger partial charge in [0.05, 0.1) is 0 Å². The third kappa shape index (κ3) is 5.61. The van der Waals surface area contributed by atoms with Gasteiger partial charge in [0.15, 0.2) is 0 Å². The summed E-state index contributed by atoms with van der Waals surface area (Å²) in [6.07, 6.45) is 1.30. The molecule has 0 amide bonds. The number of aryl methyl sites for hydroxylation is 1. The topological polar surface area (TPSA) is 79.5 Å². The molecule has 0 saturated carbocycles. The maximum atomic E-state index is 11.0. The SMILES string of the molecule is Cc1ccc(C(C)C)c(OCCOc2ccccc2C=C(C#N)C(=O)O)c1. The smallest absolute Gasteiger partial charge is 0.346 e. The first kappa shape index (κ1) is 20.1. The van der Waals surface area contributed by atoms with Crippen molar-refractivity contribution in [2.75, 3.05) is 13.2 Å². The second kappa shape index (κ2) is 9.44. The number of carboxylic acids is 1. The van der Waals surface area contributed by atoms with Gasteiger partial charge >= 0.3 is 5.97 Å². The van der Waals surface area contributed by atoms with Crippen LogP contribution in [0.2, 0.25) is 0 Å². The Morgan fingerprint density at radius 3 is 2.44 bits per heavy atom. The molecule has 5 heteroatoms. The molecule has 0 saturated heterocycles. The summed E-state index contributed by atoms with van der Waals surface area (Å²) in [5, 5.41) is 17.9. The van der Waals surface area contributed by atoms with Crippen LogP contribution < -0.4 is 9.47 Å². The van der Waals surface area contributed by atoms with Crippen molar-refractivity contribution in [3.05, 3.63) is 64.7 Å². The van der Waals surface area contributed by atoms with Crippen molar-refractivity contribution in [2.24, 2.45) is 0 Å². The lowest BCUT2D eigenvalue weighted by Crippen LogP contribution is -2.11. The van der Waals surface area contributed by atoms with Crippen molar-refractivity contribution in [2.45, 2.75) is 26.7 Å². The predicted octanol–water partition coefficient (Wildman–Crippen LogP) is 4.57. The van der Waals surface area contributed by atoms with Crippen LogP contribution in [0.3, 0.4) is 0 Å². The van der Waals surface area contributed by atoms with Crippen molar-refractivity contribution >= 4 is 12.0 Å². The van der Waals surface area contributed by atoms with Gasteiger partial charge in [-0.05, 0) is 42.2 Å². The van der Waals surface area contributed by atoms with E-state index < -0.39 is 5.97 Å². The molecule has 140 valence electrons. The molecule has 0 aromatic heterocycles. The maximum Gasteiger partial charge on any atom is 0.346 e. The number of carbonyl (C=O) groups is 1. The van der Waals surface area contributed by atoms with Gasteiger partial charge in [-0.2, -0.15) is 5.26 Å². The highest BCUT2D eigenvalue weighted by molar-refractivity contribution is 5.96. The van der Waals surface area contributed by atoms with E-state index in [1.54, 1.807) is 30.3 Å². The summed E-state index contributed by atoms with van der Waals surface area (Å²) >= 11 is 0. The van der Waals surface area contributed by atoms with Gasteiger partial charge in [0.25, 0.3) is 0 Å². The Bertz CT molecular complexity index is 878. The maximum absolute atomic E-state index is 11.0. The Balaban J connectivity index is 2.04. The molecule has 0 radical (unpaired) electrons. The number of rotatable bonds is 8. The van der Waals surface area contributed by atoms with E-state index in [4.69, 9.17) is 19.8 Å². The summed E-state index contributed by atoms with van der Waals surface area (Å²) in [5.74, 6) is 0.437. The number of hydrogen-bond donors (Lipinski definition) is 1. The number of benzene rings is 2. The van der Waals surface area contributed by atoms with Gasteiger partial charge < -0.3 is 14.6 Å². The number of nitrogens with zero attached hydrogens (tertiary/aromatic N) is 1. The van der Waals surface area contributed by atoms with Gasteiger partial charge in [0.2, 0.25) is 0 Å². The number of aliphatic carboxylic acids is 1. The molecule has 1 N–H and O–H groups in total. The van der Waals surface area contributed by atoms with E-state index in [0.717, 1.165) is 16.9 Å². The summed E-state index contributed by atoms with van der Waals surface area (Å²) in [7, 11) is 0. The third-order valence-electron chi connectivity index (χ3n) is 3.96. The summed E-state index contributed by atoms with van der Waals surface area (Å²) in [4.78, 5) is 11.0. The molecule has 2 aromatic carbocycles. The van der Waals surface area contributed by atoms with Crippen molar-refractivity contribution in [1.29, 1.82) is 5.26 Å². The van der Waals surface area contributed by atoms with Crippen LogP contribution in [0.5, 0.6) is 11.5 Å². The summed E-state index contributed by atoms with van der Waals surface area (Å²) < 4.78 is 11.6. The quantitative estimate of drug-likeness (QED) is 0.421. The fraction of sp³-hybridized carbons (Fsp3) is 0.273. The van der Waals surface area contributed by atoms with E-state index in [-0.39, 0.29) is 5.57 Å². The van der Waals surface area contributed by atoms with Crippen LogP contribution in [0, 0.1) is 18.3 Å². The molecule has 0 aliphatic rings. The van der Waals surface area contributed by atoms with Gasteiger partial charge in [-0.25, -0.2) is 4.79 Å². The van der Waals surface area contributed by atoms with Crippen LogP contribution in [0.15, 0.2) is 48.0 Å². The van der Waals surface area contributed by atoms with E-state index >= 15 is 0 Å². The molecule has 0 aliphatic carbocycles. The molecule has 0 heterocycles. The standard InChI is InChI=1S/C22H23NO4/c1-15(2)19-9-8-16(3)12-21(19)27-11-10-26-20-7-5-4-6-17(20)13-18(14-23)22(24)25/h4-9,12-13,15H,10-11H2,1-3H3,(H,24,25). The van der Waals surface area contributed by atoms with Gasteiger partial charge in [-0.15, -0.1) is 0 Å². The Hall–Kier alpha value is -3.26. The highest BCUT2D eigenvalue weighted by atomic mass is 16.5. The lowest BCUT2D eigenvalue weighted by molar-refractivity contribution is -0.132. The molecular formula is C22H23NO4. The van der Waals surface area contributed by atoms with Crippen molar-refractivity contribution < 1.29 is 19.4 Å². The van der Waals surface area contributed by atoms with Crippen molar-refractivity contribution in [3.8, 4) is 17.6 Å². The summed E-state index contributed by atoms with van der Waals surface area (Å²) in [5.41, 5.74) is 2.46. The first-order chi connectivity index (χ1) is 12.9. The first-order valence-corrected chi connectivity index (χ1v) is 8.72. The third-order valence-corrected chi connectivity index (χ3v) is 3.96. The molecule has 2 aromatic rings. The zero-order valence-electron chi connectivity index (χ0n) is 15.7. The van der Waals surface area contributed by atoms with E-state index in [2.05, 4.69) is 26.0 Å². The Labute approximate surface area is 159 Å². The lowest BCUT2D eigenvalue weighted by Gasteiger charge is -2.15. The minimum Gasteiger partial charge on any atom is -0.490 e. The number of ether oxygens (including phenoxy) is 2. The predicted molar refractivity (Wildman–Crippen MR) is 104 cm³/mol. The van der Waals surface area contributed by atoms with Crippen LogP contribution in [0.1, 0.15) is 36.5 Å². The molecular weight excluding hydrogens is 342 g/mol. The highest BCUT2D eigenvalue weighted by Crippen LogP contribution is 2.27. The number of nitriles is 1. The molecule has 2 rings (SSSR count). The Kier molecular flexibility index (Phi) is 7.01. The number of hydrogen-bond acceptors (Lipinski definition) is 4. The molecule has 0 spiro atoms. The summed E-state index contributed by atoms with van der Waals surface area (Å²) in [6, 6.07) is 14.8. The number of para-hydroxylation sites is 1. The highest BCUT2D eigenvalue weighted by Gasteiger charge is 2.10. The molecule has 0 fully saturated rings. The summed E-state index contributed by atoms with van der Waals surface area (Å²) in [6.45, 7) is 6.90. The molecule has 0 unspecified atom stereocenters. The van der Waals surface area contributed by atoms with Gasteiger partial charge in [-0.3, -0.25) is 0 Å². The molecule has 5 nitrogen and oxygen atoms in total. The van der Waals surface area contributed by atoms with Crippen LogP contribution >= 0.6 is 0 Å². The molecule has 0 atom stereocenters. The first-order valence-electron chi connectivity index (χ1n) is 8.72. The van der Waals surface area contributed by atoms with Gasteiger partial charge in [0.1, 0.15) is 36.4 Å². The van der Waals surface area contributed by atoms with E-state index in [9.17, 15) is 4.79 Å². The van der Waals surface area contributed by atoms with Crippen LogP contribution in [0.25, 0.3) is 6.08 Å². The van der Waals surface area contributed by atoms with Crippen LogP contribution in [-0.2, 0) is 4.79 Å². The van der Waals surface area contributed by atoms with E-state index in [1.807, 2.05) is 13.0 Å². The minimum atomic E-state index is -1.27. The number of carboxylic acid groups (broad SMARTS) is 1. The Morgan fingerprint density at radius 1 is 1.15 bits per heavy atom. The zero-order valence-corrected chi connectivity index (χ0v) is 15.7. The second-order valence-electron chi connectivity index (χ2n) is 6.41. The molecule has 27 heavy (non-hydrogen) atoms. The fourth-order valence-corrected chi connectivity index (χ4v) is 2.58. The zero-order chi connectivity index (χ0) is 19.8. The molecule has 0 aliphatic heterocycles. The van der Waals surface area contributed by atoms with Gasteiger partial charge in [-0.1, -0.05) is 44.2 Å². The average Bonchev–Trinajstić information content (AvgIpc) is 2.63. The Morgan fingerprint density at radius 2 is 1.81 bits per heavy atom. The fourth-order valence-electron chi connectivity index (χ4n) is 2.58. The van der Waals surface area contributed by atoms with Crippen molar-refractivity contribution in [1.82, 2.24) is 0 Å².